The molecule has 0 bridgehead atoms. The van der Waals surface area contributed by atoms with Crippen LogP contribution in [-0.2, 0) is 0 Å². The number of aliphatic imine (C=N–C) groups is 1. The lowest BCUT2D eigenvalue weighted by Gasteiger charge is -2.08. The van der Waals surface area contributed by atoms with Crippen LogP contribution >= 0.6 is 12.2 Å². The summed E-state index contributed by atoms with van der Waals surface area (Å²) in [5.41, 5.74) is 4.73. The van der Waals surface area contributed by atoms with Crippen LogP contribution < -0.4 is 0 Å². The lowest BCUT2D eigenvalue weighted by Crippen LogP contribution is -1.86. The number of hydrogen-bond donors (Lipinski definition) is 0. The molecule has 140 valence electrons. The second-order valence-electron chi connectivity index (χ2n) is 6.24. The van der Waals surface area contributed by atoms with Crippen molar-refractivity contribution >= 4 is 23.1 Å². The fraction of sp³-hybridized carbons (Fsp3) is 0.192. The van der Waals surface area contributed by atoms with E-state index >= 15 is 0 Å². The van der Waals surface area contributed by atoms with Gasteiger partial charge in [-0.1, -0.05) is 99.5 Å². The molecule has 0 heterocycles. The summed E-state index contributed by atoms with van der Waals surface area (Å²) in [7, 11) is 0. The van der Waals surface area contributed by atoms with Crippen LogP contribution in [0.3, 0.4) is 0 Å². The highest BCUT2D eigenvalue weighted by Crippen LogP contribution is 2.33. The van der Waals surface area contributed by atoms with Crippen molar-refractivity contribution in [3.8, 4) is 23.0 Å². The van der Waals surface area contributed by atoms with Crippen molar-refractivity contribution in [2.45, 2.75) is 33.1 Å². The molecule has 3 aromatic rings. The molecular formula is C26H25NS. The highest BCUT2D eigenvalue weighted by Gasteiger charge is 2.08. The summed E-state index contributed by atoms with van der Waals surface area (Å²) in [5.74, 6) is 6.46. The summed E-state index contributed by atoms with van der Waals surface area (Å²) in [4.78, 5) is 4.20. The van der Waals surface area contributed by atoms with E-state index in [0.717, 1.165) is 27.9 Å². The van der Waals surface area contributed by atoms with Crippen LogP contribution in [0, 0.1) is 11.8 Å². The van der Waals surface area contributed by atoms with Crippen LogP contribution in [0.25, 0.3) is 11.1 Å². The van der Waals surface area contributed by atoms with E-state index in [1.807, 2.05) is 78.9 Å². The molecule has 3 rings (SSSR count). The third-order valence-corrected chi connectivity index (χ3v) is 4.18. The van der Waals surface area contributed by atoms with Gasteiger partial charge in [-0.15, -0.1) is 0 Å². The van der Waals surface area contributed by atoms with E-state index in [2.05, 4.69) is 35.8 Å². The van der Waals surface area contributed by atoms with Crippen molar-refractivity contribution in [1.82, 2.24) is 0 Å². The Balaban J connectivity index is 0.000000500. The van der Waals surface area contributed by atoms with Gasteiger partial charge < -0.3 is 0 Å². The Kier molecular flexibility index (Phi) is 9.45. The first kappa shape index (κ1) is 21.3. The molecule has 0 aliphatic rings. The topological polar surface area (TPSA) is 12.4 Å². The van der Waals surface area contributed by atoms with Gasteiger partial charge in [-0.25, -0.2) is 0 Å². The van der Waals surface area contributed by atoms with Gasteiger partial charge in [0.25, 0.3) is 0 Å². The minimum atomic E-state index is 0.783. The lowest BCUT2D eigenvalue weighted by molar-refractivity contribution is 0.772. The number of unbranched alkanes of at least 4 members (excludes halogenated alkanes) is 2. The van der Waals surface area contributed by atoms with Gasteiger partial charge in [-0.05, 0) is 42.0 Å². The van der Waals surface area contributed by atoms with Crippen molar-refractivity contribution in [2.24, 2.45) is 4.99 Å². The largest absolute Gasteiger partial charge is 0.194 e. The van der Waals surface area contributed by atoms with E-state index in [-0.39, 0.29) is 0 Å². The van der Waals surface area contributed by atoms with E-state index in [1.165, 1.54) is 19.3 Å². The van der Waals surface area contributed by atoms with Gasteiger partial charge in [-0.3, -0.25) is 0 Å². The lowest BCUT2D eigenvalue weighted by atomic mass is 9.98. The molecule has 0 unspecified atom stereocenters. The van der Waals surface area contributed by atoms with Crippen LogP contribution in [0.4, 0.5) is 5.69 Å². The Hall–Kier alpha value is -2.98. The van der Waals surface area contributed by atoms with E-state index in [9.17, 15) is 0 Å². The Morgan fingerprint density at radius 2 is 1.39 bits per heavy atom. The van der Waals surface area contributed by atoms with Crippen molar-refractivity contribution < 1.29 is 0 Å². The minimum Gasteiger partial charge on any atom is -0.194 e. The SMILES string of the molecule is CCCCC.S=C=Nc1cccc(C#Cc2ccccc2)c1-c1ccccc1. The maximum Gasteiger partial charge on any atom is 0.0830 e. The molecule has 0 fully saturated rings. The molecule has 0 radical (unpaired) electrons. The predicted octanol–water partition coefficient (Wildman–Crippen LogP) is 7.68. The zero-order valence-electron chi connectivity index (χ0n) is 16.5. The maximum atomic E-state index is 4.78. The quantitative estimate of drug-likeness (QED) is 0.255. The second kappa shape index (κ2) is 12.4. The van der Waals surface area contributed by atoms with Crippen molar-refractivity contribution in [3.63, 3.8) is 0 Å². The van der Waals surface area contributed by atoms with Crippen LogP contribution in [-0.4, -0.2) is 5.16 Å². The van der Waals surface area contributed by atoms with Gasteiger partial charge in [-0.2, -0.15) is 4.99 Å². The standard InChI is InChI=1S/C21H13NS.C5H12/c23-16-22-20-13-7-12-19(15-14-17-8-3-1-4-9-17)21(20)18-10-5-2-6-11-18;1-3-5-4-2/h1-13H;3-5H2,1-2H3. The Labute approximate surface area is 174 Å². The van der Waals surface area contributed by atoms with Crippen molar-refractivity contribution in [3.05, 3.63) is 90.0 Å². The molecule has 0 atom stereocenters. The average molecular weight is 384 g/mol. The normalized spacial score (nSPS) is 9.21. The third kappa shape index (κ3) is 6.63. The summed E-state index contributed by atoms with van der Waals surface area (Å²) in [6, 6.07) is 25.9. The number of hydrogen-bond acceptors (Lipinski definition) is 2. The molecule has 0 aliphatic heterocycles. The molecule has 3 aromatic carbocycles. The molecule has 0 N–H and O–H groups in total. The summed E-state index contributed by atoms with van der Waals surface area (Å²) in [6.45, 7) is 4.42. The zero-order valence-corrected chi connectivity index (χ0v) is 17.3. The number of thiocarbonyl (C=S) groups is 1. The first-order chi connectivity index (χ1) is 13.8. The van der Waals surface area contributed by atoms with Crippen molar-refractivity contribution in [2.75, 3.05) is 0 Å². The Morgan fingerprint density at radius 3 is 1.96 bits per heavy atom. The van der Waals surface area contributed by atoms with E-state index < -0.39 is 0 Å². The molecule has 0 aromatic heterocycles. The van der Waals surface area contributed by atoms with Gasteiger partial charge >= 0.3 is 0 Å². The molecule has 0 saturated carbocycles. The molecule has 2 heteroatoms. The van der Waals surface area contributed by atoms with Crippen molar-refractivity contribution in [1.29, 1.82) is 0 Å². The van der Waals surface area contributed by atoms with Gasteiger partial charge in [0, 0.05) is 16.7 Å². The maximum absolute atomic E-state index is 4.78. The van der Waals surface area contributed by atoms with Gasteiger partial charge in [0.1, 0.15) is 0 Å². The first-order valence-electron chi connectivity index (χ1n) is 9.63. The summed E-state index contributed by atoms with van der Waals surface area (Å²) in [6.07, 6.45) is 4.08. The Bertz CT molecular complexity index is 958. The first-order valence-corrected chi connectivity index (χ1v) is 10.0. The molecule has 28 heavy (non-hydrogen) atoms. The van der Waals surface area contributed by atoms with Crippen LogP contribution in [0.1, 0.15) is 44.2 Å². The third-order valence-electron chi connectivity index (χ3n) is 4.09. The smallest absolute Gasteiger partial charge is 0.0830 e. The minimum absolute atomic E-state index is 0.783. The van der Waals surface area contributed by atoms with Crippen LogP contribution in [0.15, 0.2) is 83.9 Å². The highest BCUT2D eigenvalue weighted by atomic mass is 32.1. The number of isothiocyanates is 1. The molecule has 0 aliphatic carbocycles. The Morgan fingerprint density at radius 1 is 0.750 bits per heavy atom. The predicted molar refractivity (Wildman–Crippen MR) is 124 cm³/mol. The van der Waals surface area contributed by atoms with E-state index in [0.29, 0.717) is 0 Å². The van der Waals surface area contributed by atoms with Gasteiger partial charge in [0.05, 0.1) is 10.8 Å². The molecule has 0 saturated heterocycles. The molecule has 1 nitrogen and oxygen atoms in total. The summed E-state index contributed by atoms with van der Waals surface area (Å²) in [5, 5.41) is 2.46. The fourth-order valence-corrected chi connectivity index (χ4v) is 2.81. The van der Waals surface area contributed by atoms with E-state index in [1.54, 1.807) is 0 Å². The number of rotatable bonds is 4. The zero-order chi connectivity index (χ0) is 20.0. The average Bonchev–Trinajstić information content (AvgIpc) is 2.75. The van der Waals surface area contributed by atoms with E-state index in [4.69, 9.17) is 12.2 Å². The number of benzene rings is 3. The monoisotopic (exact) mass is 383 g/mol. The van der Waals surface area contributed by atoms with Gasteiger partial charge in [0.15, 0.2) is 0 Å². The second-order valence-corrected chi connectivity index (χ2v) is 6.42. The molecule has 0 amide bonds. The number of nitrogens with zero attached hydrogens (tertiary/aromatic N) is 1. The molecular weight excluding hydrogens is 358 g/mol. The fourth-order valence-electron chi connectivity index (χ4n) is 2.71. The van der Waals surface area contributed by atoms with Crippen LogP contribution in [0.5, 0.6) is 0 Å². The van der Waals surface area contributed by atoms with Crippen LogP contribution in [0.2, 0.25) is 0 Å². The summed E-state index contributed by atoms with van der Waals surface area (Å²) < 4.78 is 0. The van der Waals surface area contributed by atoms with Gasteiger partial charge in [0.2, 0.25) is 0 Å². The summed E-state index contributed by atoms with van der Waals surface area (Å²) >= 11 is 4.78. The molecule has 0 spiro atoms. The highest BCUT2D eigenvalue weighted by molar-refractivity contribution is 7.78.